The van der Waals surface area contributed by atoms with E-state index in [4.69, 9.17) is 5.73 Å². The molecule has 6 heteroatoms. The van der Waals surface area contributed by atoms with E-state index in [1.807, 2.05) is 3.58 Å². The summed E-state index contributed by atoms with van der Waals surface area (Å²) in [7, 11) is 0. The molecule has 0 amide bonds. The Hall–Kier alpha value is -1.13. The number of nitrogens with two attached hydrogens (primary N) is 1. The zero-order valence-electron chi connectivity index (χ0n) is 6.43. The van der Waals surface area contributed by atoms with Crippen LogP contribution in [0, 0.1) is 0 Å². The van der Waals surface area contributed by atoms with Crippen LogP contribution in [-0.4, -0.2) is 33.7 Å². The Bertz CT molecular complexity index is 409. The van der Waals surface area contributed by atoms with E-state index in [9.17, 15) is 0 Å². The molecule has 0 aliphatic heterocycles. The third kappa shape index (κ3) is 0.964. The van der Waals surface area contributed by atoms with Gasteiger partial charge in [-0.2, -0.15) is 0 Å². The van der Waals surface area contributed by atoms with E-state index < -0.39 is 0 Å². The molecular weight excluding hydrogens is 221 g/mol. The molecule has 2 aromatic heterocycles. The number of hydrogen-bond donors (Lipinski definition) is 1. The predicted octanol–water partition coefficient (Wildman–Crippen LogP) is -0.0761. The van der Waals surface area contributed by atoms with Crippen LogP contribution in [0.4, 0.5) is 5.82 Å². The number of nitrogens with zero attached hydrogens (tertiary/aromatic N) is 4. The molecule has 2 rings (SSSR count). The van der Waals surface area contributed by atoms with Crippen LogP contribution in [0.25, 0.3) is 11.2 Å². The second kappa shape index (κ2) is 2.73. The van der Waals surface area contributed by atoms with Gasteiger partial charge in [0, 0.05) is 0 Å². The minimum atomic E-state index is 0.329. The minimum absolute atomic E-state index is 0.329. The summed E-state index contributed by atoms with van der Waals surface area (Å²) in [5.41, 5.74) is 7.12. The van der Waals surface area contributed by atoms with Crippen LogP contribution in [-0.2, 0) is 0 Å². The van der Waals surface area contributed by atoms with Crippen LogP contribution in [0.15, 0.2) is 12.7 Å². The van der Waals surface area contributed by atoms with Crippen molar-refractivity contribution in [2.24, 2.45) is 0 Å². The van der Waals surface area contributed by atoms with Crippen LogP contribution >= 0.6 is 0 Å². The summed E-state index contributed by atoms with van der Waals surface area (Å²) in [5, 5.41) is 0. The van der Waals surface area contributed by atoms with Crippen molar-refractivity contribution in [3.05, 3.63) is 12.7 Å². The van der Waals surface area contributed by atoms with Gasteiger partial charge in [-0.05, 0) is 0 Å². The van der Waals surface area contributed by atoms with E-state index in [1.165, 1.54) is 6.33 Å². The molecule has 0 bridgehead atoms. The molecule has 62 valence electrons. The maximum atomic E-state index is 5.60. The van der Waals surface area contributed by atoms with Crippen molar-refractivity contribution in [3.8, 4) is 0 Å². The normalized spacial score (nSPS) is 10.8. The van der Waals surface area contributed by atoms with Crippen molar-refractivity contribution in [2.45, 2.75) is 5.82 Å². The molecule has 0 saturated carbocycles. The first kappa shape index (κ1) is 7.52. The Morgan fingerprint density at radius 2 is 2.25 bits per heavy atom. The van der Waals surface area contributed by atoms with Crippen molar-refractivity contribution in [1.82, 2.24) is 18.5 Å². The predicted molar refractivity (Wildman–Crippen MR) is 46.8 cm³/mol. The van der Waals surface area contributed by atoms with Gasteiger partial charge < -0.3 is 0 Å². The van der Waals surface area contributed by atoms with Crippen molar-refractivity contribution in [1.29, 1.82) is 0 Å². The van der Waals surface area contributed by atoms with E-state index >= 15 is 0 Å². The fourth-order valence-electron chi connectivity index (χ4n) is 0.966. The first-order valence-electron chi connectivity index (χ1n) is 3.31. The molecule has 0 aliphatic carbocycles. The van der Waals surface area contributed by atoms with Gasteiger partial charge in [0.2, 0.25) is 0 Å². The van der Waals surface area contributed by atoms with E-state index in [0.29, 0.717) is 26.5 Å². The Morgan fingerprint density at radius 1 is 1.42 bits per heavy atom. The average molecular weight is 228 g/mol. The summed E-state index contributed by atoms with van der Waals surface area (Å²) in [5.74, 6) is 2.54. The Kier molecular flexibility index (Phi) is 1.71. The molecule has 0 aliphatic rings. The second-order valence-electron chi connectivity index (χ2n) is 2.18. The van der Waals surface area contributed by atoms with Gasteiger partial charge in [0.25, 0.3) is 0 Å². The number of fused-ring (bicyclic) bond motifs is 1. The quantitative estimate of drug-likeness (QED) is 0.693. The first-order chi connectivity index (χ1) is 5.83. The average Bonchev–Trinajstić information content (AvgIpc) is 2.49. The van der Waals surface area contributed by atoms with Gasteiger partial charge in [0.1, 0.15) is 0 Å². The van der Waals surface area contributed by atoms with Crippen molar-refractivity contribution in [3.63, 3.8) is 0 Å². The van der Waals surface area contributed by atoms with Gasteiger partial charge in [-0.1, -0.05) is 0 Å². The summed E-state index contributed by atoms with van der Waals surface area (Å²) >= 11 is 0.329. The molecule has 12 heavy (non-hydrogen) atoms. The van der Waals surface area contributed by atoms with Crippen molar-refractivity contribution in [2.75, 3.05) is 5.73 Å². The number of nitrogen functional groups attached to an aromatic ring is 1. The topological polar surface area (TPSA) is 69.6 Å². The van der Waals surface area contributed by atoms with E-state index in [2.05, 4.69) is 20.8 Å². The number of rotatable bonds is 1. The fourth-order valence-corrected chi connectivity index (χ4v) is 1.91. The SMILES string of the molecule is C[Se]n1cnc2c(N)ncnc21. The first-order valence-corrected chi connectivity index (χ1v) is 5.79. The molecule has 0 aromatic carbocycles. The molecule has 2 heterocycles. The third-order valence-corrected chi connectivity index (χ3v) is 2.91. The molecule has 0 saturated heterocycles. The van der Waals surface area contributed by atoms with Crippen molar-refractivity contribution >= 4 is 32.2 Å². The number of aromatic nitrogens is 4. The zero-order valence-corrected chi connectivity index (χ0v) is 8.14. The summed E-state index contributed by atoms with van der Waals surface area (Å²) in [6.45, 7) is 0. The summed E-state index contributed by atoms with van der Waals surface area (Å²) in [4.78, 5) is 12.1. The number of hydrogen-bond acceptors (Lipinski definition) is 4. The van der Waals surface area contributed by atoms with Crippen LogP contribution in [0.5, 0.6) is 0 Å². The molecule has 2 N–H and O–H groups in total. The Morgan fingerprint density at radius 3 is 3.00 bits per heavy atom. The molecule has 0 fully saturated rings. The Balaban J connectivity index is 2.80. The van der Waals surface area contributed by atoms with Gasteiger partial charge in [0.05, 0.1) is 0 Å². The van der Waals surface area contributed by atoms with Crippen LogP contribution < -0.4 is 5.73 Å². The van der Waals surface area contributed by atoms with Crippen LogP contribution in [0.2, 0.25) is 5.82 Å². The molecule has 2 aromatic rings. The molecule has 0 spiro atoms. The van der Waals surface area contributed by atoms with E-state index in [1.54, 1.807) is 6.33 Å². The number of anilines is 1. The van der Waals surface area contributed by atoms with Gasteiger partial charge in [-0.25, -0.2) is 0 Å². The van der Waals surface area contributed by atoms with Gasteiger partial charge in [-0.15, -0.1) is 0 Å². The van der Waals surface area contributed by atoms with Crippen molar-refractivity contribution < 1.29 is 0 Å². The van der Waals surface area contributed by atoms with Crippen LogP contribution in [0.1, 0.15) is 0 Å². The number of imidazole rings is 1. The van der Waals surface area contributed by atoms with Crippen LogP contribution in [0.3, 0.4) is 0 Å². The molecule has 0 atom stereocenters. The molecular formula is C6H7N5Se. The zero-order chi connectivity index (χ0) is 8.55. The maximum absolute atomic E-state index is 5.60. The van der Waals surface area contributed by atoms with Gasteiger partial charge in [0.15, 0.2) is 0 Å². The second-order valence-corrected chi connectivity index (χ2v) is 3.78. The van der Waals surface area contributed by atoms with Gasteiger partial charge in [-0.3, -0.25) is 0 Å². The van der Waals surface area contributed by atoms with E-state index in [-0.39, 0.29) is 0 Å². The Labute approximate surface area is 75.4 Å². The van der Waals surface area contributed by atoms with Gasteiger partial charge >= 0.3 is 74.9 Å². The summed E-state index contributed by atoms with van der Waals surface area (Å²) in [6, 6.07) is 0. The fraction of sp³-hybridized carbons (Fsp3) is 0.167. The van der Waals surface area contributed by atoms with E-state index in [0.717, 1.165) is 5.65 Å². The molecule has 5 nitrogen and oxygen atoms in total. The monoisotopic (exact) mass is 229 g/mol. The standard InChI is InChI=1S/C6H7N5Se/c1-12-11-3-10-4-5(7)8-2-9-6(4)11/h2-3H,1H3,(H2,7,8,9). The third-order valence-electron chi connectivity index (χ3n) is 1.53. The molecule has 0 unspecified atom stereocenters. The summed E-state index contributed by atoms with van der Waals surface area (Å²) in [6.07, 6.45) is 3.21. The summed E-state index contributed by atoms with van der Waals surface area (Å²) < 4.78 is 1.99. The molecule has 0 radical (unpaired) electrons.